The van der Waals surface area contributed by atoms with Crippen LogP contribution >= 0.6 is 0 Å². The Kier molecular flexibility index (Phi) is 14.7. The van der Waals surface area contributed by atoms with Gasteiger partial charge in [0.05, 0.1) is 24.9 Å². The average Bonchev–Trinajstić information content (AvgIpc) is 3.08. The molecule has 2 aliphatic heterocycles. The first-order valence-electron chi connectivity index (χ1n) is 17.1. The van der Waals surface area contributed by atoms with Crippen LogP contribution in [-0.4, -0.2) is 134 Å². The fourth-order valence-corrected chi connectivity index (χ4v) is 5.92. The molecule has 8 N–H and O–H groups in total. The van der Waals surface area contributed by atoms with Crippen LogP contribution in [-0.2, 0) is 18.9 Å². The quantitative estimate of drug-likeness (QED) is 0.0864. The van der Waals surface area contributed by atoms with E-state index in [2.05, 4.69) is 6.08 Å². The molecule has 2 aromatic rings. The van der Waals surface area contributed by atoms with Crippen LogP contribution in [0.1, 0.15) is 53.4 Å². The van der Waals surface area contributed by atoms with Crippen LogP contribution in [0.15, 0.2) is 62.8 Å². The van der Waals surface area contributed by atoms with Gasteiger partial charge in [-0.3, -0.25) is 0 Å². The molecule has 15 heteroatoms. The summed E-state index contributed by atoms with van der Waals surface area (Å²) < 4.78 is 34.1. The van der Waals surface area contributed by atoms with Gasteiger partial charge in [-0.1, -0.05) is 17.2 Å². The van der Waals surface area contributed by atoms with Crippen molar-refractivity contribution in [3.05, 3.63) is 64.1 Å². The average molecular weight is 725 g/mol. The summed E-state index contributed by atoms with van der Waals surface area (Å²) in [6.45, 7) is 5.97. The Balaban J connectivity index is 1.34. The maximum Gasteiger partial charge on any atom is 0.336 e. The van der Waals surface area contributed by atoms with E-state index < -0.39 is 92.0 Å². The van der Waals surface area contributed by atoms with E-state index in [4.69, 9.17) is 28.1 Å². The van der Waals surface area contributed by atoms with Crippen LogP contribution in [0.25, 0.3) is 11.0 Å². The second-order valence-electron chi connectivity index (χ2n) is 13.7. The molecule has 1 aromatic heterocycles. The second kappa shape index (κ2) is 18.3. The molecule has 0 amide bonds. The molecule has 3 heterocycles. The summed E-state index contributed by atoms with van der Waals surface area (Å²) in [5, 5.41) is 83.5. The zero-order chi connectivity index (χ0) is 37.5. The Bertz CT molecular complexity index is 1510. The fraction of sp³-hybridized carbons (Fsp3) is 0.639. The summed E-state index contributed by atoms with van der Waals surface area (Å²) in [7, 11) is 0. The Hall–Kier alpha value is -2.77. The molecule has 2 saturated heterocycles. The van der Waals surface area contributed by atoms with Gasteiger partial charge in [-0.2, -0.15) is 0 Å². The number of hydrogen-bond acceptors (Lipinski definition) is 15. The molecule has 0 spiro atoms. The van der Waals surface area contributed by atoms with Crippen LogP contribution in [0.3, 0.4) is 0 Å². The minimum absolute atomic E-state index is 0.301. The fourth-order valence-electron chi connectivity index (χ4n) is 5.92. The highest BCUT2D eigenvalue weighted by Gasteiger charge is 2.51. The first kappa shape index (κ1) is 41.0. The van der Waals surface area contributed by atoms with Crippen LogP contribution < -0.4 is 10.4 Å². The van der Waals surface area contributed by atoms with E-state index in [1.54, 1.807) is 12.1 Å². The molecule has 15 nitrogen and oxygen atoms in total. The van der Waals surface area contributed by atoms with Crippen molar-refractivity contribution >= 4 is 11.0 Å². The second-order valence-corrected chi connectivity index (χ2v) is 13.7. The van der Waals surface area contributed by atoms with Crippen molar-refractivity contribution in [1.29, 1.82) is 0 Å². The van der Waals surface area contributed by atoms with Crippen molar-refractivity contribution in [1.82, 2.24) is 0 Å². The minimum atomic E-state index is -1.80. The van der Waals surface area contributed by atoms with E-state index in [9.17, 15) is 45.6 Å². The number of ether oxygens (including phenoxy) is 5. The lowest BCUT2D eigenvalue weighted by Gasteiger charge is -2.47. The molecule has 4 rings (SSSR count). The first-order chi connectivity index (χ1) is 24.1. The van der Waals surface area contributed by atoms with E-state index in [0.29, 0.717) is 30.8 Å². The van der Waals surface area contributed by atoms with Crippen LogP contribution in [0.2, 0.25) is 0 Å². The van der Waals surface area contributed by atoms with Crippen molar-refractivity contribution < 1.29 is 69.0 Å². The summed E-state index contributed by atoms with van der Waals surface area (Å²) in [5.41, 5.74) is 0.741. The smallest absolute Gasteiger partial charge is 0.336 e. The van der Waals surface area contributed by atoms with Gasteiger partial charge in [0.15, 0.2) is 12.6 Å². The molecule has 0 radical (unpaired) electrons. The maximum atomic E-state index is 11.5. The monoisotopic (exact) mass is 724 g/mol. The van der Waals surface area contributed by atoms with Gasteiger partial charge in [0.2, 0.25) is 0 Å². The predicted molar refractivity (Wildman–Crippen MR) is 182 cm³/mol. The van der Waals surface area contributed by atoms with Gasteiger partial charge in [0, 0.05) is 17.5 Å². The van der Waals surface area contributed by atoms with Crippen molar-refractivity contribution in [2.75, 3.05) is 19.8 Å². The zero-order valence-electron chi connectivity index (χ0n) is 29.3. The third-order valence-corrected chi connectivity index (χ3v) is 9.16. The number of aliphatic hydroxyl groups is 8. The number of fused-ring (bicyclic) bond motifs is 1. The Labute approximate surface area is 295 Å². The molecule has 11 unspecified atom stereocenters. The third-order valence-electron chi connectivity index (χ3n) is 9.16. The first-order valence-corrected chi connectivity index (χ1v) is 17.1. The zero-order valence-corrected chi connectivity index (χ0v) is 29.3. The van der Waals surface area contributed by atoms with Gasteiger partial charge in [-0.05, 0) is 77.7 Å². The topological polar surface area (TPSA) is 238 Å². The Morgan fingerprint density at radius 1 is 0.843 bits per heavy atom. The molecular formula is C36H52O15. The van der Waals surface area contributed by atoms with Crippen molar-refractivity contribution in [2.45, 2.75) is 126 Å². The Morgan fingerprint density at radius 2 is 1.47 bits per heavy atom. The van der Waals surface area contributed by atoms with Gasteiger partial charge in [-0.25, -0.2) is 4.79 Å². The van der Waals surface area contributed by atoms with E-state index in [-0.39, 0.29) is 0 Å². The highest BCUT2D eigenvalue weighted by molar-refractivity contribution is 5.77. The summed E-state index contributed by atoms with van der Waals surface area (Å²) >= 11 is 0. The summed E-state index contributed by atoms with van der Waals surface area (Å²) in [4.78, 5) is 11.5. The molecule has 11 atom stereocenters. The summed E-state index contributed by atoms with van der Waals surface area (Å²) in [5.74, 6) is 0.586. The number of allylic oxidation sites excluding steroid dienone is 3. The van der Waals surface area contributed by atoms with Gasteiger partial charge < -0.3 is 69.0 Å². The molecule has 2 fully saturated rings. The van der Waals surface area contributed by atoms with Crippen LogP contribution in [0.5, 0.6) is 5.75 Å². The molecule has 1 aromatic carbocycles. The number of benzene rings is 1. The predicted octanol–water partition coefficient (Wildman–Crippen LogP) is 0.405. The van der Waals surface area contributed by atoms with Crippen molar-refractivity contribution in [3.63, 3.8) is 0 Å². The SMILES string of the molecule is CC(=CCOc1ccc2ccc(=O)oc2c1)CCC=C(C)CCC(OC1OC(CO)C(O)C(O)C1OC1OC(CO)C(O)C(O)C1O)C(C)(C)O. The molecular weight excluding hydrogens is 672 g/mol. The lowest BCUT2D eigenvalue weighted by atomic mass is 9.94. The normalized spacial score (nSPS) is 31.5. The highest BCUT2D eigenvalue weighted by atomic mass is 16.8. The van der Waals surface area contributed by atoms with E-state index in [1.165, 1.54) is 19.9 Å². The largest absolute Gasteiger partial charge is 0.489 e. The molecule has 2 aliphatic rings. The van der Waals surface area contributed by atoms with E-state index in [0.717, 1.165) is 29.4 Å². The van der Waals surface area contributed by atoms with Gasteiger partial charge >= 0.3 is 5.63 Å². The van der Waals surface area contributed by atoms with Crippen molar-refractivity contribution in [2.24, 2.45) is 0 Å². The van der Waals surface area contributed by atoms with Crippen molar-refractivity contribution in [3.8, 4) is 5.75 Å². The standard InChI is InChI=1S/C36H52O15/c1-19(6-5-7-20(2)14-15-46-22-11-9-21-10-13-27(39)47-23(21)16-22)8-12-26(36(3,4)45)50-35-33(31(43)29(41)25(18-38)49-35)51-34-32(44)30(42)28(40)24(17-37)48-34/h6,9-11,13-14,16,24-26,28-35,37-38,40-45H,5,7-8,12,15,17-18H2,1-4H3. The molecule has 286 valence electrons. The van der Waals surface area contributed by atoms with E-state index in [1.807, 2.05) is 32.1 Å². The number of aliphatic hydroxyl groups excluding tert-OH is 7. The summed E-state index contributed by atoms with van der Waals surface area (Å²) in [6.07, 6.45) is -10.4. The minimum Gasteiger partial charge on any atom is -0.489 e. The molecule has 0 bridgehead atoms. The van der Waals surface area contributed by atoms with Gasteiger partial charge in [0.1, 0.15) is 66.8 Å². The van der Waals surface area contributed by atoms with Crippen LogP contribution in [0.4, 0.5) is 0 Å². The summed E-state index contributed by atoms with van der Waals surface area (Å²) in [6, 6.07) is 8.38. The maximum absolute atomic E-state index is 11.5. The lowest BCUT2D eigenvalue weighted by molar-refractivity contribution is -0.375. The molecule has 0 saturated carbocycles. The van der Waals surface area contributed by atoms with Gasteiger partial charge in [0.25, 0.3) is 0 Å². The number of hydrogen-bond donors (Lipinski definition) is 8. The Morgan fingerprint density at radius 3 is 2.14 bits per heavy atom. The van der Waals surface area contributed by atoms with E-state index >= 15 is 0 Å². The highest BCUT2D eigenvalue weighted by Crippen LogP contribution is 2.32. The molecule has 0 aliphatic carbocycles. The molecule has 51 heavy (non-hydrogen) atoms. The van der Waals surface area contributed by atoms with Crippen LogP contribution in [0, 0.1) is 0 Å². The third kappa shape index (κ3) is 10.9. The lowest BCUT2D eigenvalue weighted by Crippen LogP contribution is -2.65. The van der Waals surface area contributed by atoms with Gasteiger partial charge in [-0.15, -0.1) is 0 Å². The number of rotatable bonds is 16.